The van der Waals surface area contributed by atoms with Crippen LogP contribution in [0.3, 0.4) is 0 Å². The van der Waals surface area contributed by atoms with E-state index in [-0.39, 0.29) is 13.0 Å². The second-order valence-corrected chi connectivity index (χ2v) is 2.72. The van der Waals surface area contributed by atoms with Crippen molar-refractivity contribution in [1.82, 2.24) is 0 Å². The predicted molar refractivity (Wildman–Crippen MR) is 40.1 cm³/mol. The van der Waals surface area contributed by atoms with Crippen molar-refractivity contribution in [2.24, 2.45) is 11.7 Å². The van der Waals surface area contributed by atoms with Crippen molar-refractivity contribution in [3.8, 4) is 0 Å². The molecule has 0 bridgehead atoms. The lowest BCUT2D eigenvalue weighted by molar-refractivity contribution is -0.194. The second-order valence-electron chi connectivity index (χ2n) is 2.72. The number of carbonyl (C=O) groups is 1. The van der Waals surface area contributed by atoms with Gasteiger partial charge in [-0.3, -0.25) is 4.79 Å². The number of carboxylic acid groups (broad SMARTS) is 1. The molecule has 0 spiro atoms. The zero-order valence-corrected chi connectivity index (χ0v) is 6.97. The van der Waals surface area contributed by atoms with Crippen LogP contribution < -0.4 is 5.73 Å². The van der Waals surface area contributed by atoms with Gasteiger partial charge in [0.05, 0.1) is 0 Å². The van der Waals surface area contributed by atoms with Gasteiger partial charge in [0, 0.05) is 0 Å². The number of aliphatic carboxylic acids is 1. The molecule has 0 aromatic carbocycles. The van der Waals surface area contributed by atoms with Crippen molar-refractivity contribution in [3.63, 3.8) is 0 Å². The van der Waals surface area contributed by atoms with Crippen molar-refractivity contribution in [3.05, 3.63) is 0 Å². The number of hydrogen-bond acceptors (Lipinski definition) is 2. The first-order valence-corrected chi connectivity index (χ1v) is 3.89. The Morgan fingerprint density at radius 3 is 2.23 bits per heavy atom. The molecule has 0 aliphatic heterocycles. The van der Waals surface area contributed by atoms with E-state index in [1.807, 2.05) is 0 Å². The van der Waals surface area contributed by atoms with E-state index in [0.717, 1.165) is 0 Å². The molecule has 78 valence electrons. The number of nitrogens with two attached hydrogens (primary N) is 1. The van der Waals surface area contributed by atoms with Crippen LogP contribution in [0.25, 0.3) is 0 Å². The average molecular weight is 199 g/mol. The van der Waals surface area contributed by atoms with E-state index in [4.69, 9.17) is 10.8 Å². The normalized spacial score (nSPS) is 14.2. The topological polar surface area (TPSA) is 63.3 Å². The number of unbranched alkanes of at least 4 members (excludes halogenated alkanes) is 1. The number of hydrogen-bond donors (Lipinski definition) is 2. The van der Waals surface area contributed by atoms with Crippen LogP contribution in [0.4, 0.5) is 13.2 Å². The first kappa shape index (κ1) is 12.2. The molecule has 13 heavy (non-hydrogen) atoms. The molecule has 1 atom stereocenters. The van der Waals surface area contributed by atoms with Crippen molar-refractivity contribution < 1.29 is 23.1 Å². The number of rotatable bonds is 5. The first-order chi connectivity index (χ1) is 5.89. The third kappa shape index (κ3) is 4.72. The number of carboxylic acids is 1. The molecule has 0 aliphatic rings. The van der Waals surface area contributed by atoms with Gasteiger partial charge in [-0.25, -0.2) is 0 Å². The molecule has 3 N–H and O–H groups in total. The zero-order chi connectivity index (χ0) is 10.5. The Morgan fingerprint density at radius 2 is 1.92 bits per heavy atom. The summed E-state index contributed by atoms with van der Waals surface area (Å²) in [6.45, 7) is 0.282. The van der Waals surface area contributed by atoms with Crippen LogP contribution >= 0.6 is 0 Å². The highest BCUT2D eigenvalue weighted by Gasteiger charge is 2.44. The summed E-state index contributed by atoms with van der Waals surface area (Å²) in [5, 5.41) is 8.26. The van der Waals surface area contributed by atoms with Gasteiger partial charge in [0.15, 0.2) is 5.92 Å². The van der Waals surface area contributed by atoms with Gasteiger partial charge >= 0.3 is 12.1 Å². The molecule has 0 rings (SSSR count). The second kappa shape index (κ2) is 5.06. The Balaban J connectivity index is 4.04. The fourth-order valence-electron chi connectivity index (χ4n) is 0.920. The highest BCUT2D eigenvalue weighted by atomic mass is 19.4. The zero-order valence-electron chi connectivity index (χ0n) is 6.97. The van der Waals surface area contributed by atoms with Crippen LogP contribution in [-0.4, -0.2) is 23.8 Å². The van der Waals surface area contributed by atoms with Crippen LogP contribution in [0.15, 0.2) is 0 Å². The van der Waals surface area contributed by atoms with E-state index in [9.17, 15) is 18.0 Å². The fourth-order valence-corrected chi connectivity index (χ4v) is 0.920. The van der Waals surface area contributed by atoms with E-state index in [2.05, 4.69) is 0 Å². The lowest BCUT2D eigenvalue weighted by Crippen LogP contribution is -2.30. The van der Waals surface area contributed by atoms with Crippen molar-refractivity contribution >= 4 is 5.97 Å². The van der Waals surface area contributed by atoms with E-state index < -0.39 is 24.5 Å². The molecule has 0 aromatic rings. The van der Waals surface area contributed by atoms with Gasteiger partial charge in [0.25, 0.3) is 0 Å². The number of alkyl halides is 3. The third-order valence-electron chi connectivity index (χ3n) is 1.64. The van der Waals surface area contributed by atoms with Crippen LogP contribution in [0.1, 0.15) is 19.3 Å². The minimum absolute atomic E-state index is 0.187. The SMILES string of the molecule is NCCCCC(C(=O)O)C(F)(F)F. The van der Waals surface area contributed by atoms with E-state index in [1.54, 1.807) is 0 Å². The lowest BCUT2D eigenvalue weighted by Gasteiger charge is -2.15. The van der Waals surface area contributed by atoms with Crippen LogP contribution in [0, 0.1) is 5.92 Å². The summed E-state index contributed by atoms with van der Waals surface area (Å²) in [6, 6.07) is 0. The minimum Gasteiger partial charge on any atom is -0.481 e. The summed E-state index contributed by atoms with van der Waals surface area (Å²) in [7, 11) is 0. The van der Waals surface area contributed by atoms with Crippen molar-refractivity contribution in [2.45, 2.75) is 25.4 Å². The molecular weight excluding hydrogens is 187 g/mol. The Morgan fingerprint density at radius 1 is 1.38 bits per heavy atom. The highest BCUT2D eigenvalue weighted by Crippen LogP contribution is 2.30. The van der Waals surface area contributed by atoms with Crippen molar-refractivity contribution in [2.75, 3.05) is 6.54 Å². The summed E-state index contributed by atoms with van der Waals surface area (Å²) in [5.74, 6) is -4.07. The van der Waals surface area contributed by atoms with E-state index >= 15 is 0 Å². The Hall–Kier alpha value is -0.780. The Bertz CT molecular complexity index is 170. The van der Waals surface area contributed by atoms with Gasteiger partial charge in [-0.05, 0) is 19.4 Å². The van der Waals surface area contributed by atoms with Gasteiger partial charge in [-0.15, -0.1) is 0 Å². The van der Waals surface area contributed by atoms with Crippen LogP contribution in [0.2, 0.25) is 0 Å². The maximum Gasteiger partial charge on any atom is 0.402 e. The van der Waals surface area contributed by atoms with E-state index in [0.29, 0.717) is 6.42 Å². The summed E-state index contributed by atoms with van der Waals surface area (Å²) in [4.78, 5) is 10.2. The summed E-state index contributed by atoms with van der Waals surface area (Å²) in [6.07, 6.45) is -4.44. The average Bonchev–Trinajstić information content (AvgIpc) is 1.94. The van der Waals surface area contributed by atoms with Gasteiger partial charge in [-0.1, -0.05) is 6.42 Å². The molecular formula is C7H12F3NO2. The third-order valence-corrected chi connectivity index (χ3v) is 1.64. The molecule has 0 saturated heterocycles. The standard InChI is InChI=1S/C7H12F3NO2/c8-7(9,10)5(6(12)13)3-1-2-4-11/h5H,1-4,11H2,(H,12,13). The highest BCUT2D eigenvalue weighted by molar-refractivity contribution is 5.70. The van der Waals surface area contributed by atoms with E-state index in [1.165, 1.54) is 0 Å². The largest absolute Gasteiger partial charge is 0.481 e. The molecule has 0 aromatic heterocycles. The van der Waals surface area contributed by atoms with Gasteiger partial charge in [0.1, 0.15) is 0 Å². The van der Waals surface area contributed by atoms with Gasteiger partial charge in [0.2, 0.25) is 0 Å². The summed E-state index contributed by atoms with van der Waals surface area (Å²) in [5.41, 5.74) is 5.07. The lowest BCUT2D eigenvalue weighted by atomic mass is 10.0. The number of halogens is 3. The maximum atomic E-state index is 12.0. The summed E-state index contributed by atoms with van der Waals surface area (Å²) >= 11 is 0. The fraction of sp³-hybridized carbons (Fsp3) is 0.857. The molecule has 3 nitrogen and oxygen atoms in total. The molecule has 0 radical (unpaired) electrons. The summed E-state index contributed by atoms with van der Waals surface area (Å²) < 4.78 is 36.0. The quantitative estimate of drug-likeness (QED) is 0.657. The molecule has 0 amide bonds. The first-order valence-electron chi connectivity index (χ1n) is 3.89. The molecule has 6 heteroatoms. The van der Waals surface area contributed by atoms with Crippen molar-refractivity contribution in [1.29, 1.82) is 0 Å². The van der Waals surface area contributed by atoms with Crippen LogP contribution in [-0.2, 0) is 4.79 Å². The minimum atomic E-state index is -4.65. The van der Waals surface area contributed by atoms with Gasteiger partial charge in [-0.2, -0.15) is 13.2 Å². The molecule has 0 heterocycles. The van der Waals surface area contributed by atoms with Crippen LogP contribution in [0.5, 0.6) is 0 Å². The monoisotopic (exact) mass is 199 g/mol. The smallest absolute Gasteiger partial charge is 0.402 e. The predicted octanol–water partition coefficient (Wildman–Crippen LogP) is 1.38. The molecule has 0 fully saturated rings. The Labute approximate surface area is 73.7 Å². The molecule has 0 saturated carbocycles. The van der Waals surface area contributed by atoms with Gasteiger partial charge < -0.3 is 10.8 Å². The maximum absolute atomic E-state index is 12.0. The Kier molecular flexibility index (Phi) is 4.76. The molecule has 1 unspecified atom stereocenters. The molecule has 0 aliphatic carbocycles.